The lowest BCUT2D eigenvalue weighted by Crippen LogP contribution is -2.49. The van der Waals surface area contributed by atoms with Crippen molar-refractivity contribution >= 4 is 50.9 Å². The molecule has 2 atom stereocenters. The van der Waals surface area contributed by atoms with Crippen LogP contribution in [0.1, 0.15) is 46.6 Å². The number of nitrogens with zero attached hydrogens (tertiary/aromatic N) is 1. The zero-order valence-electron chi connectivity index (χ0n) is 23.0. The molecule has 8 nitrogen and oxygen atoms in total. The second-order valence-electron chi connectivity index (χ2n) is 10.7. The maximum Gasteiger partial charge on any atom is 0.408 e. The number of para-hydroxylation sites is 2. The van der Waals surface area contributed by atoms with Crippen molar-refractivity contribution < 1.29 is 19.4 Å². The highest BCUT2D eigenvalue weighted by Crippen LogP contribution is 2.34. The third-order valence-electron chi connectivity index (χ3n) is 6.47. The lowest BCUT2D eigenvalue weighted by atomic mass is 9.98. The summed E-state index contributed by atoms with van der Waals surface area (Å²) in [6.07, 6.45) is 0.0328. The minimum absolute atomic E-state index is 0.134. The number of hydrogen-bond donors (Lipinski definition) is 4. The third kappa shape index (κ3) is 6.83. The SMILES string of the molecule is CC[C@H](C)[C@H](NC(=O)OC(C)(C)C)C(=O)Nc1cc(CO)cc(Nc2c3ccccc3nc3ccccc23)c1. The van der Waals surface area contributed by atoms with Gasteiger partial charge in [0.15, 0.2) is 0 Å². The fraction of sp³-hybridized carbons (Fsp3) is 0.323. The summed E-state index contributed by atoms with van der Waals surface area (Å²) in [4.78, 5) is 30.6. The van der Waals surface area contributed by atoms with Crippen LogP contribution in [0, 0.1) is 5.92 Å². The molecule has 0 saturated heterocycles. The largest absolute Gasteiger partial charge is 0.444 e. The van der Waals surface area contributed by atoms with Crippen LogP contribution in [-0.2, 0) is 16.1 Å². The smallest absolute Gasteiger partial charge is 0.408 e. The van der Waals surface area contributed by atoms with Gasteiger partial charge in [-0.3, -0.25) is 4.79 Å². The van der Waals surface area contributed by atoms with Crippen molar-refractivity contribution in [1.29, 1.82) is 0 Å². The lowest BCUT2D eigenvalue weighted by Gasteiger charge is -2.26. The standard InChI is InChI=1S/C31H36N4O4/c1-6-19(2)27(35-30(38)39-31(3,4)5)29(37)33-22-16-20(18-36)15-21(17-22)32-28-23-11-7-9-13-25(23)34-26-14-10-8-12-24(26)28/h7-17,19,27,36H,6,18H2,1-5H3,(H,32,34)(H,33,37)(H,35,38)/t19-,27-/m0/s1. The van der Waals surface area contributed by atoms with E-state index in [1.54, 1.807) is 26.8 Å². The van der Waals surface area contributed by atoms with E-state index in [-0.39, 0.29) is 18.4 Å². The van der Waals surface area contributed by atoms with Gasteiger partial charge in [0.25, 0.3) is 0 Å². The van der Waals surface area contributed by atoms with Gasteiger partial charge in [0.1, 0.15) is 11.6 Å². The van der Waals surface area contributed by atoms with Crippen LogP contribution in [0.3, 0.4) is 0 Å². The Hall–Kier alpha value is -4.17. The van der Waals surface area contributed by atoms with Gasteiger partial charge in [-0.25, -0.2) is 9.78 Å². The number of benzene rings is 3. The molecule has 4 N–H and O–H groups in total. The first kappa shape index (κ1) is 27.9. The van der Waals surface area contributed by atoms with E-state index in [4.69, 9.17) is 9.72 Å². The first-order valence-corrected chi connectivity index (χ1v) is 13.2. The van der Waals surface area contributed by atoms with Gasteiger partial charge in [0.05, 0.1) is 23.3 Å². The monoisotopic (exact) mass is 528 g/mol. The van der Waals surface area contributed by atoms with Crippen LogP contribution >= 0.6 is 0 Å². The molecule has 0 unspecified atom stereocenters. The van der Waals surface area contributed by atoms with E-state index in [0.29, 0.717) is 23.4 Å². The Balaban J connectivity index is 1.65. The number of aliphatic hydroxyl groups is 1. The normalized spacial score (nSPS) is 13.1. The minimum atomic E-state index is -0.799. The topological polar surface area (TPSA) is 113 Å². The predicted molar refractivity (Wildman–Crippen MR) is 156 cm³/mol. The van der Waals surface area contributed by atoms with Gasteiger partial charge in [0, 0.05) is 22.1 Å². The number of anilines is 3. The van der Waals surface area contributed by atoms with E-state index >= 15 is 0 Å². The number of hydrogen-bond acceptors (Lipinski definition) is 6. The number of carbonyl (C=O) groups excluding carboxylic acids is 2. The van der Waals surface area contributed by atoms with Crippen molar-refractivity contribution in [2.75, 3.05) is 10.6 Å². The summed E-state index contributed by atoms with van der Waals surface area (Å²) in [5.74, 6) is -0.498. The highest BCUT2D eigenvalue weighted by atomic mass is 16.6. The van der Waals surface area contributed by atoms with Crippen molar-refractivity contribution in [3.8, 4) is 0 Å². The summed E-state index contributed by atoms with van der Waals surface area (Å²) in [6.45, 7) is 8.97. The minimum Gasteiger partial charge on any atom is -0.444 e. The fourth-order valence-electron chi connectivity index (χ4n) is 4.40. The molecule has 39 heavy (non-hydrogen) atoms. The molecule has 0 aliphatic rings. The van der Waals surface area contributed by atoms with Gasteiger partial charge in [-0.15, -0.1) is 0 Å². The van der Waals surface area contributed by atoms with Crippen molar-refractivity contribution in [3.05, 3.63) is 72.3 Å². The van der Waals surface area contributed by atoms with Gasteiger partial charge in [-0.2, -0.15) is 0 Å². The Bertz CT molecular complexity index is 1440. The number of pyridine rings is 1. The second-order valence-corrected chi connectivity index (χ2v) is 10.7. The quantitative estimate of drug-likeness (QED) is 0.194. The number of nitrogens with one attached hydrogen (secondary N) is 3. The Morgan fingerprint density at radius 2 is 1.54 bits per heavy atom. The summed E-state index contributed by atoms with van der Waals surface area (Å²) in [5, 5.41) is 21.0. The van der Waals surface area contributed by atoms with Crippen molar-refractivity contribution in [1.82, 2.24) is 10.3 Å². The predicted octanol–water partition coefficient (Wildman–Crippen LogP) is 6.50. The average Bonchev–Trinajstić information content (AvgIpc) is 2.90. The van der Waals surface area contributed by atoms with Crippen LogP contribution in [0.2, 0.25) is 0 Å². The molecule has 204 valence electrons. The van der Waals surface area contributed by atoms with Gasteiger partial charge in [0.2, 0.25) is 5.91 Å². The van der Waals surface area contributed by atoms with Crippen molar-refractivity contribution in [3.63, 3.8) is 0 Å². The van der Waals surface area contributed by atoms with Gasteiger partial charge < -0.3 is 25.8 Å². The zero-order chi connectivity index (χ0) is 28.2. The number of aliphatic hydroxyl groups excluding tert-OH is 1. The van der Waals surface area contributed by atoms with E-state index in [9.17, 15) is 14.7 Å². The lowest BCUT2D eigenvalue weighted by molar-refractivity contribution is -0.119. The molecule has 0 aliphatic heterocycles. The molecule has 0 aliphatic carbocycles. The molecular weight excluding hydrogens is 492 g/mol. The van der Waals surface area contributed by atoms with E-state index in [0.717, 1.165) is 27.5 Å². The average molecular weight is 529 g/mol. The Kier molecular flexibility index (Phi) is 8.35. The molecule has 0 fully saturated rings. The second kappa shape index (κ2) is 11.7. The van der Waals surface area contributed by atoms with Crippen molar-refractivity contribution in [2.24, 2.45) is 5.92 Å². The molecule has 2 amide bonds. The van der Waals surface area contributed by atoms with E-state index in [2.05, 4.69) is 16.0 Å². The van der Waals surface area contributed by atoms with Crippen LogP contribution in [0.4, 0.5) is 21.9 Å². The Labute approximate surface area is 228 Å². The van der Waals surface area contributed by atoms with Gasteiger partial charge >= 0.3 is 6.09 Å². The van der Waals surface area contributed by atoms with Crippen LogP contribution in [0.15, 0.2) is 66.7 Å². The number of alkyl carbamates (subject to hydrolysis) is 1. The van der Waals surface area contributed by atoms with E-state index in [1.165, 1.54) is 0 Å². The molecule has 0 spiro atoms. The molecular formula is C31H36N4O4. The summed E-state index contributed by atoms with van der Waals surface area (Å²) in [6, 6.07) is 20.3. The van der Waals surface area contributed by atoms with Crippen LogP contribution in [-0.4, -0.2) is 33.7 Å². The number of carbonyl (C=O) groups is 2. The number of amides is 2. The molecule has 4 rings (SSSR count). The van der Waals surface area contributed by atoms with Crippen LogP contribution in [0.5, 0.6) is 0 Å². The molecule has 8 heteroatoms. The molecule has 1 heterocycles. The number of aromatic nitrogens is 1. The van der Waals surface area contributed by atoms with Gasteiger partial charge in [-0.05, 0) is 62.6 Å². The molecule has 1 aromatic heterocycles. The summed E-state index contributed by atoms with van der Waals surface area (Å²) < 4.78 is 5.38. The highest BCUT2D eigenvalue weighted by Gasteiger charge is 2.28. The maximum absolute atomic E-state index is 13.4. The van der Waals surface area contributed by atoms with Gasteiger partial charge in [-0.1, -0.05) is 56.7 Å². The molecule has 0 radical (unpaired) electrons. The molecule has 0 saturated carbocycles. The maximum atomic E-state index is 13.4. The summed E-state index contributed by atoms with van der Waals surface area (Å²) in [5.41, 5.74) is 3.73. The molecule has 0 bridgehead atoms. The number of fused-ring (bicyclic) bond motifs is 2. The summed E-state index contributed by atoms with van der Waals surface area (Å²) >= 11 is 0. The number of rotatable bonds is 8. The van der Waals surface area contributed by atoms with Crippen molar-refractivity contribution in [2.45, 2.75) is 59.3 Å². The number of ether oxygens (including phenoxy) is 1. The molecule has 3 aromatic carbocycles. The van der Waals surface area contributed by atoms with E-state index in [1.807, 2.05) is 74.5 Å². The zero-order valence-corrected chi connectivity index (χ0v) is 23.0. The first-order chi connectivity index (χ1) is 18.6. The van der Waals surface area contributed by atoms with Crippen LogP contribution in [0.25, 0.3) is 21.8 Å². The van der Waals surface area contributed by atoms with Crippen LogP contribution < -0.4 is 16.0 Å². The Morgan fingerprint density at radius 1 is 0.949 bits per heavy atom. The van der Waals surface area contributed by atoms with E-state index < -0.39 is 17.7 Å². The Morgan fingerprint density at radius 3 is 2.10 bits per heavy atom. The first-order valence-electron chi connectivity index (χ1n) is 13.2. The summed E-state index contributed by atoms with van der Waals surface area (Å²) in [7, 11) is 0. The highest BCUT2D eigenvalue weighted by molar-refractivity contribution is 6.08. The third-order valence-corrected chi connectivity index (χ3v) is 6.47. The molecule has 4 aromatic rings. The fourth-order valence-corrected chi connectivity index (χ4v) is 4.40.